The molecule has 1 fully saturated rings. The van der Waals surface area contributed by atoms with Crippen molar-refractivity contribution in [3.63, 3.8) is 0 Å². The molecule has 3 nitrogen and oxygen atoms in total. The van der Waals surface area contributed by atoms with Gasteiger partial charge in [-0.1, -0.05) is 26.2 Å². The Kier molecular flexibility index (Phi) is 3.99. The maximum absolute atomic E-state index is 4.01. The van der Waals surface area contributed by atoms with Crippen molar-refractivity contribution in [1.29, 1.82) is 0 Å². The number of H-pyrrole nitrogens is 1. The first-order valence-corrected chi connectivity index (χ1v) is 6.56. The average Bonchev–Trinajstić information content (AvgIpc) is 2.83. The van der Waals surface area contributed by atoms with Crippen molar-refractivity contribution in [2.24, 2.45) is 5.92 Å². The van der Waals surface area contributed by atoms with Gasteiger partial charge in [0.25, 0.3) is 0 Å². The molecule has 1 saturated carbocycles. The fraction of sp³-hybridized carbons (Fsp3) is 0.769. The first kappa shape index (κ1) is 11.6. The lowest BCUT2D eigenvalue weighted by Gasteiger charge is -2.33. The molecule has 0 spiro atoms. The van der Waals surface area contributed by atoms with E-state index in [-0.39, 0.29) is 0 Å². The molecular weight excluding hydrogens is 198 g/mol. The van der Waals surface area contributed by atoms with E-state index in [1.54, 1.807) is 0 Å². The maximum Gasteiger partial charge on any atom is 0.0518 e. The van der Waals surface area contributed by atoms with Crippen LogP contribution < -0.4 is 5.32 Å². The van der Waals surface area contributed by atoms with Gasteiger partial charge in [-0.25, -0.2) is 0 Å². The normalized spacial score (nSPS) is 27.9. The Morgan fingerprint density at radius 1 is 1.50 bits per heavy atom. The number of aromatic amines is 1. The van der Waals surface area contributed by atoms with E-state index in [2.05, 4.69) is 35.4 Å². The summed E-state index contributed by atoms with van der Waals surface area (Å²) in [6.07, 6.45) is 8.64. The van der Waals surface area contributed by atoms with Gasteiger partial charge in [-0.2, -0.15) is 5.10 Å². The predicted octanol–water partition coefficient (Wildman–Crippen LogP) is 3.03. The van der Waals surface area contributed by atoms with Gasteiger partial charge in [-0.3, -0.25) is 5.10 Å². The Morgan fingerprint density at radius 3 is 3.00 bits per heavy atom. The van der Waals surface area contributed by atoms with Crippen LogP contribution in [0.1, 0.15) is 57.7 Å². The molecule has 1 aliphatic carbocycles. The third-order valence-corrected chi connectivity index (χ3v) is 3.89. The molecule has 2 N–H and O–H groups in total. The molecule has 1 aliphatic rings. The van der Waals surface area contributed by atoms with E-state index in [1.165, 1.54) is 37.8 Å². The third-order valence-electron chi connectivity index (χ3n) is 3.89. The molecule has 0 radical (unpaired) electrons. The minimum absolute atomic E-state index is 0.389. The van der Waals surface area contributed by atoms with Gasteiger partial charge in [0.05, 0.1) is 5.69 Å². The average molecular weight is 221 g/mol. The predicted molar refractivity (Wildman–Crippen MR) is 66.2 cm³/mol. The first-order valence-electron chi connectivity index (χ1n) is 6.56. The monoisotopic (exact) mass is 221 g/mol. The summed E-state index contributed by atoms with van der Waals surface area (Å²) in [6, 6.07) is 3.14. The molecular formula is C13H23N3. The number of hydrogen-bond donors (Lipinski definition) is 2. The Hall–Kier alpha value is -0.830. The SMILES string of the molecule is CCC1CCCCC1NC(C)c1ccn[nH]1. The Labute approximate surface area is 98.0 Å². The van der Waals surface area contributed by atoms with Crippen LogP contribution in [0, 0.1) is 5.92 Å². The van der Waals surface area contributed by atoms with Crippen molar-refractivity contribution in [3.05, 3.63) is 18.0 Å². The van der Waals surface area contributed by atoms with Gasteiger partial charge < -0.3 is 5.32 Å². The number of nitrogens with zero attached hydrogens (tertiary/aromatic N) is 1. The molecule has 0 aliphatic heterocycles. The van der Waals surface area contributed by atoms with Crippen molar-refractivity contribution in [1.82, 2.24) is 15.5 Å². The van der Waals surface area contributed by atoms with E-state index in [0.717, 1.165) is 5.92 Å². The highest BCUT2D eigenvalue weighted by Crippen LogP contribution is 2.28. The number of aromatic nitrogens is 2. The molecule has 0 amide bonds. The van der Waals surface area contributed by atoms with Gasteiger partial charge in [0.15, 0.2) is 0 Å². The highest BCUT2D eigenvalue weighted by molar-refractivity contribution is 5.03. The smallest absolute Gasteiger partial charge is 0.0518 e. The van der Waals surface area contributed by atoms with Crippen LogP contribution in [0.4, 0.5) is 0 Å². The molecule has 1 aromatic rings. The summed E-state index contributed by atoms with van der Waals surface area (Å²) < 4.78 is 0. The molecule has 1 aromatic heterocycles. The molecule has 3 unspecified atom stereocenters. The van der Waals surface area contributed by atoms with Crippen molar-refractivity contribution in [2.45, 2.75) is 58.0 Å². The quantitative estimate of drug-likeness (QED) is 0.820. The van der Waals surface area contributed by atoms with E-state index in [4.69, 9.17) is 0 Å². The molecule has 3 atom stereocenters. The fourth-order valence-corrected chi connectivity index (χ4v) is 2.83. The Bertz CT molecular complexity index is 294. The summed E-state index contributed by atoms with van der Waals surface area (Å²) in [4.78, 5) is 0. The van der Waals surface area contributed by atoms with Crippen LogP contribution in [0.25, 0.3) is 0 Å². The zero-order valence-electron chi connectivity index (χ0n) is 10.4. The van der Waals surface area contributed by atoms with Gasteiger partial charge >= 0.3 is 0 Å². The first-order chi connectivity index (χ1) is 7.81. The zero-order valence-corrected chi connectivity index (χ0v) is 10.4. The Balaban J connectivity index is 1.92. The van der Waals surface area contributed by atoms with Crippen LogP contribution >= 0.6 is 0 Å². The lowest BCUT2D eigenvalue weighted by atomic mass is 9.82. The second-order valence-electron chi connectivity index (χ2n) is 4.96. The largest absolute Gasteiger partial charge is 0.306 e. The summed E-state index contributed by atoms with van der Waals surface area (Å²) >= 11 is 0. The van der Waals surface area contributed by atoms with Gasteiger partial charge in [-0.15, -0.1) is 0 Å². The number of hydrogen-bond acceptors (Lipinski definition) is 2. The zero-order chi connectivity index (χ0) is 11.4. The minimum Gasteiger partial charge on any atom is -0.306 e. The summed E-state index contributed by atoms with van der Waals surface area (Å²) in [7, 11) is 0. The molecule has 0 saturated heterocycles. The molecule has 16 heavy (non-hydrogen) atoms. The Morgan fingerprint density at radius 2 is 2.31 bits per heavy atom. The van der Waals surface area contributed by atoms with Crippen LogP contribution in [0.15, 0.2) is 12.3 Å². The summed E-state index contributed by atoms with van der Waals surface area (Å²) in [6.45, 7) is 4.53. The second-order valence-corrected chi connectivity index (χ2v) is 4.96. The third kappa shape index (κ3) is 2.64. The van der Waals surface area contributed by atoms with Crippen LogP contribution in [0.2, 0.25) is 0 Å². The van der Waals surface area contributed by atoms with Gasteiger partial charge in [0.1, 0.15) is 0 Å². The standard InChI is InChI=1S/C13H23N3/c1-3-11-6-4-5-7-13(11)15-10(2)12-8-9-14-16-12/h8-11,13,15H,3-7H2,1-2H3,(H,14,16). The summed E-state index contributed by atoms with van der Waals surface area (Å²) in [5.41, 5.74) is 1.19. The lowest BCUT2D eigenvalue weighted by Crippen LogP contribution is -2.39. The lowest BCUT2D eigenvalue weighted by molar-refractivity contribution is 0.239. The van der Waals surface area contributed by atoms with Crippen molar-refractivity contribution in [3.8, 4) is 0 Å². The topological polar surface area (TPSA) is 40.7 Å². The van der Waals surface area contributed by atoms with Crippen LogP contribution in [-0.4, -0.2) is 16.2 Å². The van der Waals surface area contributed by atoms with Crippen LogP contribution in [0.3, 0.4) is 0 Å². The van der Waals surface area contributed by atoms with Gasteiger partial charge in [-0.05, 0) is 31.7 Å². The van der Waals surface area contributed by atoms with E-state index >= 15 is 0 Å². The summed E-state index contributed by atoms with van der Waals surface area (Å²) in [5.74, 6) is 0.860. The molecule has 2 rings (SSSR count). The highest BCUT2D eigenvalue weighted by Gasteiger charge is 2.25. The number of nitrogens with one attached hydrogen (secondary N) is 2. The van der Waals surface area contributed by atoms with Crippen molar-refractivity contribution >= 4 is 0 Å². The van der Waals surface area contributed by atoms with Crippen molar-refractivity contribution < 1.29 is 0 Å². The molecule has 3 heteroatoms. The van der Waals surface area contributed by atoms with Crippen molar-refractivity contribution in [2.75, 3.05) is 0 Å². The molecule has 0 aromatic carbocycles. The van der Waals surface area contributed by atoms with Crippen LogP contribution in [0.5, 0.6) is 0 Å². The van der Waals surface area contributed by atoms with Gasteiger partial charge in [0.2, 0.25) is 0 Å². The maximum atomic E-state index is 4.01. The van der Waals surface area contributed by atoms with E-state index in [9.17, 15) is 0 Å². The molecule has 1 heterocycles. The van der Waals surface area contributed by atoms with Gasteiger partial charge in [0, 0.05) is 18.3 Å². The summed E-state index contributed by atoms with van der Waals surface area (Å²) in [5, 5.41) is 10.8. The second kappa shape index (κ2) is 5.48. The fourth-order valence-electron chi connectivity index (χ4n) is 2.83. The van der Waals surface area contributed by atoms with E-state index in [0.29, 0.717) is 12.1 Å². The molecule has 90 valence electrons. The van der Waals surface area contributed by atoms with Crippen LogP contribution in [-0.2, 0) is 0 Å². The van der Waals surface area contributed by atoms with E-state index < -0.39 is 0 Å². The highest BCUT2D eigenvalue weighted by atomic mass is 15.1. The molecule has 0 bridgehead atoms. The number of rotatable bonds is 4. The van der Waals surface area contributed by atoms with E-state index in [1.807, 2.05) is 6.20 Å². The minimum atomic E-state index is 0.389.